The maximum Gasteiger partial charge on any atom is 0.201 e. The topological polar surface area (TPSA) is 9.23 Å². The molecule has 0 aliphatic rings. The molecule has 0 aromatic heterocycles. The lowest BCUT2D eigenvalue weighted by molar-refractivity contribution is 0.549. The van der Waals surface area contributed by atoms with Crippen LogP contribution in [0, 0.1) is 0 Å². The van der Waals surface area contributed by atoms with Crippen molar-refractivity contribution in [1.29, 1.82) is 0 Å². The van der Waals surface area contributed by atoms with Crippen LogP contribution >= 0.6 is 0 Å². The fourth-order valence-corrected chi connectivity index (χ4v) is 14.2. The van der Waals surface area contributed by atoms with Gasteiger partial charge in [0.1, 0.15) is 0 Å². The van der Waals surface area contributed by atoms with E-state index in [1.165, 1.54) is 69.4 Å². The van der Waals surface area contributed by atoms with Gasteiger partial charge in [0, 0.05) is 10.2 Å². The van der Waals surface area contributed by atoms with Crippen LogP contribution in [0.25, 0.3) is 0 Å². The standard InChI is InChI=1S/C20H44OSi3/c1-8-10-12-14-16-19(3)23(4,5)21-24(6,7)20(18-22)17-15-13-11-9-2/h18H,3,8-17H2,1-2,4-7,22H3. The zero-order valence-corrected chi connectivity index (χ0v) is 21.8. The molecule has 0 N–H and O–H groups in total. The average molecular weight is 385 g/mol. The minimum Gasteiger partial charge on any atom is -0.449 e. The molecule has 0 saturated carbocycles. The van der Waals surface area contributed by atoms with E-state index in [0.29, 0.717) is 0 Å². The summed E-state index contributed by atoms with van der Waals surface area (Å²) in [4.78, 5) is 0. The Morgan fingerprint density at radius 2 is 1.33 bits per heavy atom. The molecule has 0 atom stereocenters. The highest BCUT2D eigenvalue weighted by molar-refractivity contribution is 6.91. The molecule has 0 heterocycles. The molecule has 0 spiro atoms. The fraction of sp³-hybridized carbons (Fsp3) is 0.800. The van der Waals surface area contributed by atoms with Gasteiger partial charge in [-0.3, -0.25) is 0 Å². The SMILES string of the molecule is C=C(CCCCCC)[Si](C)(C)O[Si](C)(C)C(=C[SiH3])CCCCCC. The van der Waals surface area contributed by atoms with Crippen molar-refractivity contribution < 1.29 is 4.12 Å². The quantitative estimate of drug-likeness (QED) is 0.254. The van der Waals surface area contributed by atoms with Gasteiger partial charge in [-0.1, -0.05) is 62.8 Å². The van der Waals surface area contributed by atoms with Crippen molar-refractivity contribution in [3.63, 3.8) is 0 Å². The molecule has 4 heteroatoms. The van der Waals surface area contributed by atoms with Crippen LogP contribution in [0.1, 0.15) is 78.1 Å². The van der Waals surface area contributed by atoms with Crippen molar-refractivity contribution in [2.45, 2.75) is 104 Å². The number of allylic oxidation sites excluding steroid dienone is 2. The summed E-state index contributed by atoms with van der Waals surface area (Å²) >= 11 is 0. The Bertz CT molecular complexity index is 386. The van der Waals surface area contributed by atoms with Crippen molar-refractivity contribution in [3.8, 4) is 0 Å². The van der Waals surface area contributed by atoms with Gasteiger partial charge in [0.2, 0.25) is 16.6 Å². The van der Waals surface area contributed by atoms with E-state index >= 15 is 0 Å². The molecule has 0 aromatic rings. The summed E-state index contributed by atoms with van der Waals surface area (Å²) < 4.78 is 6.89. The van der Waals surface area contributed by atoms with Gasteiger partial charge in [0.25, 0.3) is 0 Å². The Balaban J connectivity index is 4.62. The third kappa shape index (κ3) is 9.54. The zero-order valence-electron chi connectivity index (χ0n) is 17.8. The highest BCUT2D eigenvalue weighted by Gasteiger charge is 2.36. The van der Waals surface area contributed by atoms with Gasteiger partial charge in [-0.2, -0.15) is 0 Å². The van der Waals surface area contributed by atoms with Crippen LogP contribution in [0.4, 0.5) is 0 Å². The van der Waals surface area contributed by atoms with E-state index in [1.807, 2.05) is 0 Å². The van der Waals surface area contributed by atoms with Crippen LogP contribution in [0.5, 0.6) is 0 Å². The van der Waals surface area contributed by atoms with Crippen LogP contribution in [-0.4, -0.2) is 26.9 Å². The third-order valence-electron chi connectivity index (χ3n) is 5.12. The molecule has 0 radical (unpaired) electrons. The molecule has 0 rings (SSSR count). The van der Waals surface area contributed by atoms with Crippen LogP contribution in [0.3, 0.4) is 0 Å². The third-order valence-corrected chi connectivity index (χ3v) is 14.5. The zero-order chi connectivity index (χ0) is 18.6. The second-order valence-electron chi connectivity index (χ2n) is 8.16. The average Bonchev–Trinajstić information content (AvgIpc) is 2.50. The predicted molar refractivity (Wildman–Crippen MR) is 121 cm³/mol. The summed E-state index contributed by atoms with van der Waals surface area (Å²) in [7, 11) is -2.39. The molecule has 0 bridgehead atoms. The van der Waals surface area contributed by atoms with Gasteiger partial charge < -0.3 is 4.12 Å². The molecule has 0 amide bonds. The molecule has 0 unspecified atom stereocenters. The molecule has 24 heavy (non-hydrogen) atoms. The largest absolute Gasteiger partial charge is 0.449 e. The molecule has 0 fully saturated rings. The molecule has 0 saturated heterocycles. The van der Waals surface area contributed by atoms with E-state index in [0.717, 1.165) is 10.2 Å². The van der Waals surface area contributed by atoms with Crippen LogP contribution in [0.2, 0.25) is 26.2 Å². The smallest absolute Gasteiger partial charge is 0.201 e. The fourth-order valence-electron chi connectivity index (χ4n) is 3.38. The lowest BCUT2D eigenvalue weighted by Crippen LogP contribution is -2.47. The molecular formula is C20H44OSi3. The second kappa shape index (κ2) is 12.4. The van der Waals surface area contributed by atoms with Crippen LogP contribution in [0.15, 0.2) is 22.7 Å². The first-order chi connectivity index (χ1) is 11.2. The molecule has 1 nitrogen and oxygen atoms in total. The Hall–Kier alpha value is 0.0906. The minimum absolute atomic E-state index is 1.15. The number of hydrogen-bond acceptors (Lipinski definition) is 1. The predicted octanol–water partition coefficient (Wildman–Crippen LogP) is 6.24. The summed E-state index contributed by atoms with van der Waals surface area (Å²) in [6, 6.07) is 0. The Morgan fingerprint density at radius 3 is 1.79 bits per heavy atom. The van der Waals surface area contributed by atoms with Gasteiger partial charge in [-0.25, -0.2) is 0 Å². The normalized spacial score (nSPS) is 13.5. The molecule has 142 valence electrons. The van der Waals surface area contributed by atoms with Crippen molar-refractivity contribution >= 4 is 26.9 Å². The van der Waals surface area contributed by atoms with E-state index in [4.69, 9.17) is 4.12 Å². The van der Waals surface area contributed by atoms with E-state index in [-0.39, 0.29) is 0 Å². The Morgan fingerprint density at radius 1 is 0.833 bits per heavy atom. The summed E-state index contributed by atoms with van der Waals surface area (Å²) in [5.41, 5.74) is 2.48. The first kappa shape index (κ1) is 24.1. The Labute approximate surface area is 158 Å². The van der Waals surface area contributed by atoms with E-state index in [1.54, 1.807) is 5.20 Å². The summed E-state index contributed by atoms with van der Waals surface area (Å²) in [6.45, 7) is 18.5. The molecule has 0 aromatic carbocycles. The van der Waals surface area contributed by atoms with Gasteiger partial charge >= 0.3 is 0 Å². The summed E-state index contributed by atoms with van der Waals surface area (Å²) in [5, 5.41) is 3.07. The van der Waals surface area contributed by atoms with E-state index in [9.17, 15) is 0 Å². The maximum absolute atomic E-state index is 6.89. The number of rotatable bonds is 14. The maximum atomic E-state index is 6.89. The molecular weight excluding hydrogens is 340 g/mol. The lowest BCUT2D eigenvalue weighted by Gasteiger charge is -2.37. The second-order valence-corrected chi connectivity index (χ2v) is 16.9. The van der Waals surface area contributed by atoms with Gasteiger partial charge in [-0.15, -0.1) is 12.3 Å². The van der Waals surface area contributed by atoms with Crippen LogP contribution < -0.4 is 0 Å². The van der Waals surface area contributed by atoms with Crippen molar-refractivity contribution in [2.75, 3.05) is 0 Å². The summed E-state index contributed by atoms with van der Waals surface area (Å²) in [6.07, 6.45) is 13.1. The Kier molecular flexibility index (Phi) is 12.5. The van der Waals surface area contributed by atoms with Crippen LogP contribution in [-0.2, 0) is 4.12 Å². The highest BCUT2D eigenvalue weighted by Crippen LogP contribution is 2.30. The van der Waals surface area contributed by atoms with Crippen molar-refractivity contribution in [2.24, 2.45) is 0 Å². The van der Waals surface area contributed by atoms with E-state index < -0.39 is 16.6 Å². The van der Waals surface area contributed by atoms with Gasteiger partial charge in [-0.05, 0) is 51.9 Å². The monoisotopic (exact) mass is 384 g/mol. The number of unbranched alkanes of at least 4 members (excludes halogenated alkanes) is 6. The van der Waals surface area contributed by atoms with Crippen molar-refractivity contribution in [1.82, 2.24) is 0 Å². The first-order valence-electron chi connectivity index (χ1n) is 10.2. The minimum atomic E-state index is -1.79. The highest BCUT2D eigenvalue weighted by atomic mass is 28.4. The first-order valence-corrected chi connectivity index (χ1v) is 17.2. The lowest BCUT2D eigenvalue weighted by atomic mass is 10.1. The van der Waals surface area contributed by atoms with Crippen molar-refractivity contribution in [3.05, 3.63) is 22.7 Å². The summed E-state index contributed by atoms with van der Waals surface area (Å²) in [5.74, 6) is 0. The molecule has 0 aliphatic heterocycles. The van der Waals surface area contributed by atoms with E-state index in [2.05, 4.69) is 52.3 Å². The molecule has 0 aliphatic carbocycles. The van der Waals surface area contributed by atoms with Gasteiger partial charge in [0.15, 0.2) is 0 Å². The number of hydrogen-bond donors (Lipinski definition) is 0. The van der Waals surface area contributed by atoms with Gasteiger partial charge in [0.05, 0.1) is 0 Å².